The SMILES string of the molecule is C#CCOc1ccc(C=NNC(=O)CC(=O)Nc2ccccc2Cl)cc1OCC. The van der Waals surface area contributed by atoms with Crippen LogP contribution in [0.4, 0.5) is 5.69 Å². The van der Waals surface area contributed by atoms with E-state index >= 15 is 0 Å². The highest BCUT2D eigenvalue weighted by atomic mass is 35.5. The number of hydrogen-bond acceptors (Lipinski definition) is 5. The largest absolute Gasteiger partial charge is 0.490 e. The predicted molar refractivity (Wildman–Crippen MR) is 112 cm³/mol. The smallest absolute Gasteiger partial charge is 0.249 e. The Bertz CT molecular complexity index is 938. The van der Waals surface area contributed by atoms with Crippen molar-refractivity contribution in [1.29, 1.82) is 0 Å². The Kier molecular flexibility index (Phi) is 8.54. The molecule has 0 bridgehead atoms. The maximum atomic E-state index is 11.9. The third-order valence-corrected chi connectivity index (χ3v) is 3.78. The lowest BCUT2D eigenvalue weighted by atomic mass is 10.2. The molecule has 0 heterocycles. The topological polar surface area (TPSA) is 89.0 Å². The van der Waals surface area contributed by atoms with Crippen LogP contribution < -0.4 is 20.2 Å². The minimum absolute atomic E-state index is 0.125. The lowest BCUT2D eigenvalue weighted by Crippen LogP contribution is -2.24. The van der Waals surface area contributed by atoms with Crippen molar-refractivity contribution in [3.05, 3.63) is 53.1 Å². The summed E-state index contributed by atoms with van der Waals surface area (Å²) in [6.45, 7) is 2.42. The molecule has 0 aliphatic heterocycles. The predicted octanol–water partition coefficient (Wildman–Crippen LogP) is 3.23. The lowest BCUT2D eigenvalue weighted by molar-refractivity contribution is -0.126. The molecule has 0 aliphatic carbocycles. The van der Waals surface area contributed by atoms with Gasteiger partial charge >= 0.3 is 0 Å². The second-order valence-electron chi connectivity index (χ2n) is 5.63. The van der Waals surface area contributed by atoms with Crippen molar-refractivity contribution in [2.75, 3.05) is 18.5 Å². The summed E-state index contributed by atoms with van der Waals surface area (Å²) < 4.78 is 10.9. The zero-order valence-electron chi connectivity index (χ0n) is 15.8. The van der Waals surface area contributed by atoms with Crippen LogP contribution in [0.1, 0.15) is 18.9 Å². The fourth-order valence-corrected chi connectivity index (χ4v) is 2.42. The molecule has 2 N–H and O–H groups in total. The van der Waals surface area contributed by atoms with E-state index in [0.29, 0.717) is 34.4 Å². The number of carbonyl (C=O) groups excluding carboxylic acids is 2. The number of amides is 2. The van der Waals surface area contributed by atoms with Gasteiger partial charge in [0.25, 0.3) is 0 Å². The van der Waals surface area contributed by atoms with Crippen LogP contribution in [0.2, 0.25) is 5.02 Å². The highest BCUT2D eigenvalue weighted by molar-refractivity contribution is 6.33. The van der Waals surface area contributed by atoms with Gasteiger partial charge in [0, 0.05) is 0 Å². The van der Waals surface area contributed by atoms with E-state index in [1.807, 2.05) is 6.92 Å². The van der Waals surface area contributed by atoms with Gasteiger partial charge in [0.15, 0.2) is 11.5 Å². The number of carbonyl (C=O) groups is 2. The molecule has 0 aromatic heterocycles. The summed E-state index contributed by atoms with van der Waals surface area (Å²) in [7, 11) is 0. The minimum Gasteiger partial charge on any atom is -0.490 e. The Labute approximate surface area is 174 Å². The summed E-state index contributed by atoms with van der Waals surface area (Å²) in [6, 6.07) is 11.9. The van der Waals surface area contributed by atoms with Crippen molar-refractivity contribution >= 4 is 35.3 Å². The quantitative estimate of drug-likeness (QED) is 0.286. The molecular weight excluding hydrogens is 394 g/mol. The first-order chi connectivity index (χ1) is 14.0. The molecule has 0 spiro atoms. The third kappa shape index (κ3) is 7.20. The molecule has 29 heavy (non-hydrogen) atoms. The van der Waals surface area contributed by atoms with Gasteiger partial charge in [-0.25, -0.2) is 5.43 Å². The second-order valence-corrected chi connectivity index (χ2v) is 6.04. The van der Waals surface area contributed by atoms with Gasteiger partial charge in [0.05, 0.1) is 23.5 Å². The van der Waals surface area contributed by atoms with E-state index in [2.05, 4.69) is 21.8 Å². The van der Waals surface area contributed by atoms with Crippen LogP contribution in [0.3, 0.4) is 0 Å². The van der Waals surface area contributed by atoms with Crippen molar-refractivity contribution in [3.8, 4) is 23.8 Å². The van der Waals surface area contributed by atoms with Crippen LogP contribution in [0.5, 0.6) is 11.5 Å². The molecule has 0 saturated heterocycles. The van der Waals surface area contributed by atoms with Gasteiger partial charge in [-0.05, 0) is 42.8 Å². The lowest BCUT2D eigenvalue weighted by Gasteiger charge is -2.10. The van der Waals surface area contributed by atoms with Gasteiger partial charge < -0.3 is 14.8 Å². The third-order valence-electron chi connectivity index (χ3n) is 3.45. The van der Waals surface area contributed by atoms with E-state index in [1.54, 1.807) is 42.5 Å². The fourth-order valence-electron chi connectivity index (χ4n) is 2.23. The monoisotopic (exact) mass is 413 g/mol. The Morgan fingerprint density at radius 2 is 1.97 bits per heavy atom. The van der Waals surface area contributed by atoms with Crippen molar-refractivity contribution < 1.29 is 19.1 Å². The van der Waals surface area contributed by atoms with E-state index < -0.39 is 18.2 Å². The number of halogens is 1. The summed E-state index contributed by atoms with van der Waals surface area (Å²) in [4.78, 5) is 23.8. The summed E-state index contributed by atoms with van der Waals surface area (Å²) in [6.07, 6.45) is 6.23. The molecule has 7 nitrogen and oxygen atoms in total. The van der Waals surface area contributed by atoms with Crippen LogP contribution >= 0.6 is 11.6 Å². The van der Waals surface area contributed by atoms with E-state index in [4.69, 9.17) is 27.5 Å². The summed E-state index contributed by atoms with van der Waals surface area (Å²) >= 11 is 5.96. The molecule has 0 radical (unpaired) electrons. The standard InChI is InChI=1S/C21H20ClN3O4/c1-3-11-29-18-10-9-15(12-19(18)28-4-2)14-23-25-21(27)13-20(26)24-17-8-6-5-7-16(17)22/h1,5-10,12,14H,4,11,13H2,2H3,(H,24,26)(H,25,27). The second kappa shape index (κ2) is 11.4. The molecule has 0 fully saturated rings. The molecule has 0 atom stereocenters. The normalized spacial score (nSPS) is 10.2. The van der Waals surface area contributed by atoms with Crippen molar-refractivity contribution in [3.63, 3.8) is 0 Å². The van der Waals surface area contributed by atoms with Gasteiger partial charge in [-0.3, -0.25) is 9.59 Å². The van der Waals surface area contributed by atoms with Gasteiger partial charge in [-0.15, -0.1) is 6.42 Å². The van der Waals surface area contributed by atoms with Crippen LogP contribution in [0.15, 0.2) is 47.6 Å². The number of nitrogens with one attached hydrogen (secondary N) is 2. The van der Waals surface area contributed by atoms with Gasteiger partial charge in [0.1, 0.15) is 13.0 Å². The highest BCUT2D eigenvalue weighted by Crippen LogP contribution is 2.28. The minimum atomic E-state index is -0.565. The maximum absolute atomic E-state index is 11.9. The van der Waals surface area contributed by atoms with Crippen molar-refractivity contribution in [1.82, 2.24) is 5.43 Å². The van der Waals surface area contributed by atoms with Gasteiger partial charge in [0.2, 0.25) is 11.8 Å². The maximum Gasteiger partial charge on any atom is 0.249 e. The molecule has 2 rings (SSSR count). The van der Waals surface area contributed by atoms with Gasteiger partial charge in [-0.2, -0.15) is 5.10 Å². The number of anilines is 1. The molecule has 0 saturated carbocycles. The Balaban J connectivity index is 1.90. The molecule has 0 aliphatic rings. The Hall–Kier alpha value is -3.50. The molecule has 2 aromatic carbocycles. The van der Waals surface area contributed by atoms with E-state index in [-0.39, 0.29) is 6.61 Å². The number of para-hydroxylation sites is 1. The number of rotatable bonds is 9. The van der Waals surface area contributed by atoms with Gasteiger partial charge in [-0.1, -0.05) is 29.7 Å². The number of terminal acetylenes is 1. The van der Waals surface area contributed by atoms with Crippen molar-refractivity contribution in [2.45, 2.75) is 13.3 Å². The zero-order chi connectivity index (χ0) is 21.1. The van der Waals surface area contributed by atoms with E-state index in [0.717, 1.165) is 0 Å². The summed E-state index contributed by atoms with van der Waals surface area (Å²) in [5.74, 6) is 2.35. The number of ether oxygens (including phenoxy) is 2. The first-order valence-corrected chi connectivity index (χ1v) is 9.10. The first-order valence-electron chi connectivity index (χ1n) is 8.73. The Morgan fingerprint density at radius 1 is 1.17 bits per heavy atom. The number of benzene rings is 2. The van der Waals surface area contributed by atoms with Crippen molar-refractivity contribution in [2.24, 2.45) is 5.10 Å². The number of hydrogen-bond donors (Lipinski definition) is 2. The average Bonchev–Trinajstić information content (AvgIpc) is 2.69. The zero-order valence-corrected chi connectivity index (χ0v) is 16.5. The fraction of sp³-hybridized carbons (Fsp3) is 0.190. The molecule has 150 valence electrons. The number of nitrogens with zero attached hydrogens (tertiary/aromatic N) is 1. The summed E-state index contributed by atoms with van der Waals surface area (Å²) in [5, 5.41) is 6.81. The van der Waals surface area contributed by atoms with E-state index in [9.17, 15) is 9.59 Å². The number of hydrazone groups is 1. The highest BCUT2D eigenvalue weighted by Gasteiger charge is 2.10. The van der Waals surface area contributed by atoms with E-state index in [1.165, 1.54) is 6.21 Å². The molecule has 2 aromatic rings. The Morgan fingerprint density at radius 3 is 2.69 bits per heavy atom. The summed E-state index contributed by atoms with van der Waals surface area (Å²) in [5.41, 5.74) is 3.41. The molecule has 8 heteroatoms. The molecule has 2 amide bonds. The average molecular weight is 414 g/mol. The molecule has 0 unspecified atom stereocenters. The molecular formula is C21H20ClN3O4. The van der Waals surface area contributed by atoms with Crippen LogP contribution in [-0.2, 0) is 9.59 Å². The van der Waals surface area contributed by atoms with Crippen LogP contribution in [0.25, 0.3) is 0 Å². The van der Waals surface area contributed by atoms with Crippen LogP contribution in [-0.4, -0.2) is 31.2 Å². The van der Waals surface area contributed by atoms with Crippen LogP contribution in [0, 0.1) is 12.3 Å². The first kappa shape index (κ1) is 21.8.